The van der Waals surface area contributed by atoms with E-state index in [2.05, 4.69) is 15.4 Å². The second-order valence-electron chi connectivity index (χ2n) is 6.14. The molecule has 0 spiro atoms. The fourth-order valence-corrected chi connectivity index (χ4v) is 3.65. The summed E-state index contributed by atoms with van der Waals surface area (Å²) in [7, 11) is 1.40. The van der Waals surface area contributed by atoms with Gasteiger partial charge in [-0.3, -0.25) is 29.0 Å². The van der Waals surface area contributed by atoms with Crippen LogP contribution in [0.4, 0.5) is 11.4 Å². The number of carbonyl (C=O) groups is 1. The smallest absolute Gasteiger partial charge is 0.296 e. The van der Waals surface area contributed by atoms with Gasteiger partial charge in [-0.2, -0.15) is 5.10 Å². The van der Waals surface area contributed by atoms with Gasteiger partial charge in [0.2, 0.25) is 5.91 Å². The summed E-state index contributed by atoms with van der Waals surface area (Å²) in [4.78, 5) is 40.2. The molecule has 12 heteroatoms. The Morgan fingerprint density at radius 2 is 2.10 bits per heavy atom. The lowest BCUT2D eigenvalue weighted by Crippen LogP contribution is -2.23. The molecular formula is C18H20N6O5S. The zero-order valence-corrected chi connectivity index (χ0v) is 17.4. The van der Waals surface area contributed by atoms with E-state index in [1.807, 2.05) is 6.92 Å². The fraction of sp³-hybridized carbons (Fsp3) is 0.333. The maximum absolute atomic E-state index is 12.7. The number of carbonyl (C=O) groups excluding carboxylic acids is 1. The van der Waals surface area contributed by atoms with Crippen LogP contribution >= 0.6 is 11.8 Å². The van der Waals surface area contributed by atoms with Crippen molar-refractivity contribution in [2.45, 2.75) is 32.1 Å². The van der Waals surface area contributed by atoms with Crippen molar-refractivity contribution in [1.29, 1.82) is 0 Å². The van der Waals surface area contributed by atoms with Crippen molar-refractivity contribution in [3.8, 4) is 5.75 Å². The number of benzene rings is 1. The van der Waals surface area contributed by atoms with Crippen molar-refractivity contribution in [3.05, 3.63) is 44.9 Å². The molecule has 1 amide bonds. The maximum atomic E-state index is 12.7. The van der Waals surface area contributed by atoms with E-state index < -0.39 is 10.8 Å². The first-order valence-electron chi connectivity index (χ1n) is 9.11. The van der Waals surface area contributed by atoms with E-state index in [0.717, 1.165) is 11.8 Å². The zero-order chi connectivity index (χ0) is 21.8. The van der Waals surface area contributed by atoms with Gasteiger partial charge in [0.15, 0.2) is 10.7 Å². The van der Waals surface area contributed by atoms with Crippen molar-refractivity contribution >= 4 is 40.1 Å². The number of aryl methyl sites for hydroxylation is 1. The Bertz CT molecular complexity index is 1170. The standard InChI is InChI=1S/C18H20N6O5S/c1-4-22-9-13-16(21-22)17(26)23(5-2)18(20-13)30-10-15(25)19-12-7-6-11(29-3)8-14(12)24(27)28/h6-9H,4-5,10H2,1-3H3,(H,19,25). The third kappa shape index (κ3) is 4.27. The summed E-state index contributed by atoms with van der Waals surface area (Å²) in [5.41, 5.74) is 0.251. The van der Waals surface area contributed by atoms with E-state index in [1.165, 1.54) is 29.9 Å². The molecule has 0 atom stereocenters. The van der Waals surface area contributed by atoms with Crippen LogP contribution < -0.4 is 15.6 Å². The molecule has 0 aliphatic heterocycles. The van der Waals surface area contributed by atoms with E-state index in [9.17, 15) is 19.7 Å². The minimum absolute atomic E-state index is 0.0620. The number of fused-ring (bicyclic) bond motifs is 1. The molecule has 1 N–H and O–H groups in total. The molecule has 2 aromatic heterocycles. The Balaban J connectivity index is 1.80. The molecule has 158 valence electrons. The van der Waals surface area contributed by atoms with Crippen LogP contribution in [0, 0.1) is 10.1 Å². The van der Waals surface area contributed by atoms with Gasteiger partial charge < -0.3 is 10.1 Å². The third-order valence-corrected chi connectivity index (χ3v) is 5.26. The number of anilines is 1. The molecule has 30 heavy (non-hydrogen) atoms. The minimum Gasteiger partial charge on any atom is -0.496 e. The predicted molar refractivity (Wildman–Crippen MR) is 112 cm³/mol. The van der Waals surface area contributed by atoms with E-state index in [4.69, 9.17) is 4.74 Å². The molecule has 3 aromatic rings. The Morgan fingerprint density at radius 3 is 2.73 bits per heavy atom. The summed E-state index contributed by atoms with van der Waals surface area (Å²) < 4.78 is 8.06. The van der Waals surface area contributed by atoms with E-state index in [-0.39, 0.29) is 28.2 Å². The summed E-state index contributed by atoms with van der Waals surface area (Å²) in [6, 6.07) is 4.16. The third-order valence-electron chi connectivity index (χ3n) is 4.29. The largest absolute Gasteiger partial charge is 0.496 e. The first kappa shape index (κ1) is 21.3. The van der Waals surface area contributed by atoms with Gasteiger partial charge in [-0.05, 0) is 26.0 Å². The maximum Gasteiger partial charge on any atom is 0.296 e. The highest BCUT2D eigenvalue weighted by Crippen LogP contribution is 2.29. The molecule has 0 unspecified atom stereocenters. The number of hydrogen-bond donors (Lipinski definition) is 1. The molecule has 0 aliphatic rings. The van der Waals surface area contributed by atoms with Crippen molar-refractivity contribution in [2.75, 3.05) is 18.2 Å². The number of rotatable bonds is 8. The molecule has 1 aromatic carbocycles. The van der Waals surface area contributed by atoms with Crippen molar-refractivity contribution in [2.24, 2.45) is 0 Å². The number of nitrogens with zero attached hydrogens (tertiary/aromatic N) is 5. The van der Waals surface area contributed by atoms with Crippen LogP contribution in [0.15, 0.2) is 34.3 Å². The molecule has 2 heterocycles. The molecule has 0 fully saturated rings. The van der Waals surface area contributed by atoms with Gasteiger partial charge in [0.1, 0.15) is 17.0 Å². The van der Waals surface area contributed by atoms with Crippen LogP contribution in [0.2, 0.25) is 0 Å². The first-order chi connectivity index (χ1) is 14.4. The lowest BCUT2D eigenvalue weighted by Gasteiger charge is -2.10. The highest BCUT2D eigenvalue weighted by molar-refractivity contribution is 7.99. The topological polar surface area (TPSA) is 134 Å². The fourth-order valence-electron chi connectivity index (χ4n) is 2.79. The van der Waals surface area contributed by atoms with Gasteiger partial charge in [0.05, 0.1) is 30.0 Å². The first-order valence-corrected chi connectivity index (χ1v) is 10.1. The average molecular weight is 432 g/mol. The number of amides is 1. The van der Waals surface area contributed by atoms with Crippen molar-refractivity contribution in [1.82, 2.24) is 19.3 Å². The molecule has 0 saturated heterocycles. The lowest BCUT2D eigenvalue weighted by atomic mass is 10.2. The minimum atomic E-state index is -0.596. The summed E-state index contributed by atoms with van der Waals surface area (Å²) >= 11 is 1.07. The Morgan fingerprint density at radius 1 is 1.33 bits per heavy atom. The number of methoxy groups -OCH3 is 1. The van der Waals surface area contributed by atoms with Crippen LogP contribution in [0.25, 0.3) is 11.0 Å². The number of nitrogens with one attached hydrogen (secondary N) is 1. The van der Waals surface area contributed by atoms with Crippen molar-refractivity contribution in [3.63, 3.8) is 0 Å². The molecule has 11 nitrogen and oxygen atoms in total. The summed E-state index contributed by atoms with van der Waals surface area (Å²) in [6.45, 7) is 4.68. The van der Waals surface area contributed by atoms with Crippen LogP contribution in [-0.4, -0.2) is 43.0 Å². The highest BCUT2D eigenvalue weighted by Gasteiger charge is 2.19. The molecule has 0 bridgehead atoms. The Kier molecular flexibility index (Phi) is 6.35. The number of nitro benzene ring substituents is 1. The monoisotopic (exact) mass is 432 g/mol. The Labute approximate surface area is 175 Å². The van der Waals surface area contributed by atoms with Gasteiger partial charge in [-0.1, -0.05) is 11.8 Å². The second kappa shape index (κ2) is 8.95. The van der Waals surface area contributed by atoms with Crippen molar-refractivity contribution < 1.29 is 14.5 Å². The molecule has 0 aliphatic carbocycles. The van der Waals surface area contributed by atoms with Crippen LogP contribution in [0.3, 0.4) is 0 Å². The van der Waals surface area contributed by atoms with E-state index in [0.29, 0.717) is 29.5 Å². The van der Waals surface area contributed by atoms with Gasteiger partial charge in [-0.25, -0.2) is 4.98 Å². The van der Waals surface area contributed by atoms with Crippen LogP contribution in [0.1, 0.15) is 13.8 Å². The molecule has 0 saturated carbocycles. The second-order valence-corrected chi connectivity index (χ2v) is 7.08. The molecular weight excluding hydrogens is 412 g/mol. The number of nitro groups is 1. The van der Waals surface area contributed by atoms with E-state index in [1.54, 1.807) is 17.8 Å². The SMILES string of the molecule is CCn1cc2nc(SCC(=O)Nc3ccc(OC)cc3[N+](=O)[O-])n(CC)c(=O)c2n1. The van der Waals surface area contributed by atoms with Crippen LogP contribution in [0.5, 0.6) is 5.75 Å². The summed E-state index contributed by atoms with van der Waals surface area (Å²) in [5, 5.41) is 18.4. The normalized spacial score (nSPS) is 10.9. The Hall–Kier alpha value is -3.41. The summed E-state index contributed by atoms with van der Waals surface area (Å²) in [6.07, 6.45) is 1.68. The number of aromatic nitrogens is 4. The zero-order valence-electron chi connectivity index (χ0n) is 16.6. The van der Waals surface area contributed by atoms with Gasteiger partial charge in [0, 0.05) is 13.1 Å². The van der Waals surface area contributed by atoms with E-state index >= 15 is 0 Å². The van der Waals surface area contributed by atoms with Gasteiger partial charge in [-0.15, -0.1) is 0 Å². The quantitative estimate of drug-likeness (QED) is 0.248. The highest BCUT2D eigenvalue weighted by atomic mass is 32.2. The predicted octanol–water partition coefficient (Wildman–Crippen LogP) is 2.28. The molecule has 0 radical (unpaired) electrons. The number of ether oxygens (including phenoxy) is 1. The van der Waals surface area contributed by atoms with Gasteiger partial charge >= 0.3 is 0 Å². The number of hydrogen-bond acceptors (Lipinski definition) is 8. The van der Waals surface area contributed by atoms with Crippen LogP contribution in [-0.2, 0) is 17.9 Å². The summed E-state index contributed by atoms with van der Waals surface area (Å²) in [5.74, 6) is -0.232. The molecule has 3 rings (SSSR count). The lowest BCUT2D eigenvalue weighted by molar-refractivity contribution is -0.384. The van der Waals surface area contributed by atoms with Gasteiger partial charge in [0.25, 0.3) is 11.2 Å². The average Bonchev–Trinajstić information content (AvgIpc) is 3.16. The number of thioether (sulfide) groups is 1.